The second-order valence-corrected chi connectivity index (χ2v) is 3.57. The van der Waals surface area contributed by atoms with Gasteiger partial charge in [-0.15, -0.1) is 0 Å². The Morgan fingerprint density at radius 2 is 1.87 bits per heavy atom. The van der Waals surface area contributed by atoms with Gasteiger partial charge in [-0.25, -0.2) is 4.79 Å². The smallest absolute Gasteiger partial charge is 0.333 e. The molecule has 4 heteroatoms. The summed E-state index contributed by atoms with van der Waals surface area (Å²) in [6.07, 6.45) is 2.28. The molecule has 0 saturated carbocycles. The van der Waals surface area contributed by atoms with Gasteiger partial charge in [-0.3, -0.25) is 4.79 Å². The quantitative estimate of drug-likeness (QED) is 0.515. The lowest BCUT2D eigenvalue weighted by Crippen LogP contribution is -2.55. The fraction of sp³-hybridized carbons (Fsp3) is 0.818. The maximum atomic E-state index is 11.6. The Kier molecular flexibility index (Phi) is 6.17. The lowest BCUT2D eigenvalue weighted by molar-refractivity contribution is -0.153. The molecule has 0 aromatic carbocycles. The van der Waals surface area contributed by atoms with E-state index in [1.807, 2.05) is 6.92 Å². The number of rotatable bonds is 7. The maximum Gasteiger partial charge on any atom is 0.333 e. The largest absolute Gasteiger partial charge is 0.464 e. The Bertz CT molecular complexity index is 228. The number of Topliss-reactive ketones (excluding diaryl/α,β-unsaturated/α-hetero) is 1. The summed E-state index contributed by atoms with van der Waals surface area (Å²) in [5, 5.41) is 0. The zero-order valence-corrected chi connectivity index (χ0v) is 9.84. The lowest BCUT2D eigenvalue weighted by atomic mass is 9.88. The fourth-order valence-corrected chi connectivity index (χ4v) is 1.39. The monoisotopic (exact) mass is 215 g/mol. The van der Waals surface area contributed by atoms with Crippen molar-refractivity contribution >= 4 is 11.8 Å². The van der Waals surface area contributed by atoms with Crippen molar-refractivity contribution in [1.29, 1.82) is 0 Å². The first-order chi connectivity index (χ1) is 7.02. The first-order valence-corrected chi connectivity index (χ1v) is 5.52. The molecule has 0 spiro atoms. The van der Waals surface area contributed by atoms with Crippen molar-refractivity contribution < 1.29 is 14.3 Å². The minimum absolute atomic E-state index is 0.241. The summed E-state index contributed by atoms with van der Waals surface area (Å²) in [7, 11) is 0. The average molecular weight is 215 g/mol. The minimum atomic E-state index is -1.43. The summed E-state index contributed by atoms with van der Waals surface area (Å²) in [6.45, 7) is 5.65. The van der Waals surface area contributed by atoms with Gasteiger partial charge in [0.15, 0.2) is 11.3 Å². The summed E-state index contributed by atoms with van der Waals surface area (Å²) >= 11 is 0. The van der Waals surface area contributed by atoms with Crippen LogP contribution in [0.5, 0.6) is 0 Å². The SMILES string of the molecule is CCCCC(N)(C(=O)CC)C(=O)OCC. The average Bonchev–Trinajstić information content (AvgIpc) is 2.24. The standard InChI is InChI=1S/C11H21NO3/c1-4-7-8-11(12,9(13)5-2)10(14)15-6-3/h4-8,12H2,1-3H3. The van der Waals surface area contributed by atoms with Crippen LogP contribution >= 0.6 is 0 Å². The van der Waals surface area contributed by atoms with E-state index in [2.05, 4.69) is 0 Å². The van der Waals surface area contributed by atoms with E-state index < -0.39 is 11.5 Å². The van der Waals surface area contributed by atoms with Crippen LogP contribution in [0.4, 0.5) is 0 Å². The summed E-state index contributed by atoms with van der Waals surface area (Å²) in [5.41, 5.74) is 4.41. The van der Waals surface area contributed by atoms with Crippen molar-refractivity contribution in [2.24, 2.45) is 5.73 Å². The number of nitrogens with two attached hydrogens (primary N) is 1. The third-order valence-corrected chi connectivity index (χ3v) is 2.38. The predicted octanol–water partition coefficient (Wildman–Crippen LogP) is 1.42. The molecule has 1 atom stereocenters. The molecule has 0 fully saturated rings. The van der Waals surface area contributed by atoms with Gasteiger partial charge < -0.3 is 10.5 Å². The molecular weight excluding hydrogens is 194 g/mol. The first-order valence-electron chi connectivity index (χ1n) is 5.52. The molecule has 0 radical (unpaired) electrons. The summed E-state index contributed by atoms with van der Waals surface area (Å²) < 4.78 is 4.84. The molecule has 1 unspecified atom stereocenters. The molecule has 0 saturated heterocycles. The number of hydrogen-bond acceptors (Lipinski definition) is 4. The zero-order valence-electron chi connectivity index (χ0n) is 9.84. The highest BCUT2D eigenvalue weighted by Crippen LogP contribution is 2.16. The second kappa shape index (κ2) is 6.56. The van der Waals surface area contributed by atoms with E-state index in [0.717, 1.165) is 12.8 Å². The summed E-state index contributed by atoms with van der Waals surface area (Å²) in [6, 6.07) is 0. The molecule has 0 aliphatic heterocycles. The Morgan fingerprint density at radius 3 is 2.27 bits per heavy atom. The molecule has 0 aliphatic carbocycles. The first kappa shape index (κ1) is 14.1. The van der Waals surface area contributed by atoms with Gasteiger partial charge in [-0.1, -0.05) is 26.7 Å². The highest BCUT2D eigenvalue weighted by molar-refractivity contribution is 6.08. The molecule has 0 bridgehead atoms. The number of unbranched alkanes of at least 4 members (excludes halogenated alkanes) is 1. The maximum absolute atomic E-state index is 11.6. The molecule has 0 heterocycles. The van der Waals surface area contributed by atoms with E-state index in [9.17, 15) is 9.59 Å². The van der Waals surface area contributed by atoms with Crippen LogP contribution in [0.3, 0.4) is 0 Å². The zero-order chi connectivity index (χ0) is 11.9. The van der Waals surface area contributed by atoms with Gasteiger partial charge in [0.2, 0.25) is 0 Å². The third kappa shape index (κ3) is 3.63. The number of carbonyl (C=O) groups excluding carboxylic acids is 2. The molecule has 0 rings (SSSR count). The highest BCUT2D eigenvalue weighted by atomic mass is 16.5. The molecule has 4 nitrogen and oxygen atoms in total. The van der Waals surface area contributed by atoms with Crippen molar-refractivity contribution in [2.45, 2.75) is 52.0 Å². The Morgan fingerprint density at radius 1 is 1.27 bits per heavy atom. The Hall–Kier alpha value is -0.900. The number of ketones is 1. The van der Waals surface area contributed by atoms with E-state index in [4.69, 9.17) is 10.5 Å². The molecule has 15 heavy (non-hydrogen) atoms. The number of esters is 1. The van der Waals surface area contributed by atoms with Crippen molar-refractivity contribution in [2.75, 3.05) is 6.61 Å². The summed E-state index contributed by atoms with van der Waals surface area (Å²) in [5.74, 6) is -0.834. The van der Waals surface area contributed by atoms with Crippen LogP contribution in [-0.2, 0) is 14.3 Å². The normalized spacial score (nSPS) is 14.4. The molecule has 0 aliphatic rings. The van der Waals surface area contributed by atoms with Crippen LogP contribution in [0, 0.1) is 0 Å². The van der Waals surface area contributed by atoms with Crippen LogP contribution in [0.15, 0.2) is 0 Å². The van der Waals surface area contributed by atoms with Gasteiger partial charge in [-0.05, 0) is 13.3 Å². The van der Waals surface area contributed by atoms with Crippen LogP contribution in [-0.4, -0.2) is 23.9 Å². The lowest BCUT2D eigenvalue weighted by Gasteiger charge is -2.24. The number of carbonyl (C=O) groups is 2. The van der Waals surface area contributed by atoms with E-state index in [0.29, 0.717) is 6.42 Å². The number of ether oxygens (including phenoxy) is 1. The van der Waals surface area contributed by atoms with Gasteiger partial charge >= 0.3 is 5.97 Å². The molecule has 2 N–H and O–H groups in total. The summed E-state index contributed by atoms with van der Waals surface area (Å²) in [4.78, 5) is 23.2. The molecule has 0 amide bonds. The Balaban J connectivity index is 4.67. The van der Waals surface area contributed by atoms with Crippen LogP contribution in [0.2, 0.25) is 0 Å². The van der Waals surface area contributed by atoms with E-state index in [1.165, 1.54) is 0 Å². The number of hydrogen-bond donors (Lipinski definition) is 1. The van der Waals surface area contributed by atoms with Crippen LogP contribution < -0.4 is 5.73 Å². The van der Waals surface area contributed by atoms with Gasteiger partial charge in [0.05, 0.1) is 6.61 Å². The van der Waals surface area contributed by atoms with Gasteiger partial charge in [-0.2, -0.15) is 0 Å². The highest BCUT2D eigenvalue weighted by Gasteiger charge is 2.41. The van der Waals surface area contributed by atoms with Gasteiger partial charge in [0.25, 0.3) is 0 Å². The minimum Gasteiger partial charge on any atom is -0.464 e. The van der Waals surface area contributed by atoms with Gasteiger partial charge in [0.1, 0.15) is 0 Å². The second-order valence-electron chi connectivity index (χ2n) is 3.57. The Labute approximate surface area is 91.2 Å². The van der Waals surface area contributed by atoms with E-state index >= 15 is 0 Å². The molecule has 88 valence electrons. The van der Waals surface area contributed by atoms with Crippen LogP contribution in [0.1, 0.15) is 46.5 Å². The van der Waals surface area contributed by atoms with E-state index in [-0.39, 0.29) is 18.8 Å². The van der Waals surface area contributed by atoms with Crippen molar-refractivity contribution in [3.8, 4) is 0 Å². The molecular formula is C11H21NO3. The van der Waals surface area contributed by atoms with Crippen LogP contribution in [0.25, 0.3) is 0 Å². The predicted molar refractivity (Wildman–Crippen MR) is 58.4 cm³/mol. The van der Waals surface area contributed by atoms with Crippen molar-refractivity contribution in [3.63, 3.8) is 0 Å². The topological polar surface area (TPSA) is 69.4 Å². The van der Waals surface area contributed by atoms with Crippen molar-refractivity contribution in [1.82, 2.24) is 0 Å². The fourth-order valence-electron chi connectivity index (χ4n) is 1.39. The third-order valence-electron chi connectivity index (χ3n) is 2.38. The molecule has 0 aromatic rings. The van der Waals surface area contributed by atoms with E-state index in [1.54, 1.807) is 13.8 Å². The molecule has 0 aromatic heterocycles. The van der Waals surface area contributed by atoms with Crippen molar-refractivity contribution in [3.05, 3.63) is 0 Å². The van der Waals surface area contributed by atoms with Gasteiger partial charge in [0, 0.05) is 6.42 Å².